The third-order valence-electron chi connectivity index (χ3n) is 2.36. The molecule has 5 nitrogen and oxygen atoms in total. The number of primary amides is 1. The molecule has 0 unspecified atom stereocenters. The van der Waals surface area contributed by atoms with Gasteiger partial charge in [-0.05, 0) is 46.3 Å². The Kier molecular flexibility index (Phi) is 4.09. The molecular formula is C13H8BrFN2O3. The molecule has 1 aromatic heterocycles. The second kappa shape index (κ2) is 5.79. The SMILES string of the molecule is NC(=O)c1ncccc1OC(=O)c1ccc(F)c(Br)c1. The first-order chi connectivity index (χ1) is 9.49. The van der Waals surface area contributed by atoms with Crippen LogP contribution in [-0.2, 0) is 0 Å². The van der Waals surface area contributed by atoms with Gasteiger partial charge in [-0.15, -0.1) is 0 Å². The van der Waals surface area contributed by atoms with E-state index >= 15 is 0 Å². The topological polar surface area (TPSA) is 82.3 Å². The van der Waals surface area contributed by atoms with Gasteiger partial charge in [0.25, 0.3) is 5.91 Å². The first kappa shape index (κ1) is 14.1. The highest BCUT2D eigenvalue weighted by molar-refractivity contribution is 9.10. The Labute approximate surface area is 121 Å². The Bertz CT molecular complexity index is 691. The molecule has 1 aromatic carbocycles. The fourth-order valence-corrected chi connectivity index (χ4v) is 1.82. The van der Waals surface area contributed by atoms with Gasteiger partial charge in [-0.2, -0.15) is 0 Å². The number of esters is 1. The molecule has 1 heterocycles. The van der Waals surface area contributed by atoms with Crippen molar-refractivity contribution in [1.29, 1.82) is 0 Å². The standard InChI is InChI=1S/C13H8BrFN2O3/c14-8-6-7(3-4-9(8)15)13(19)20-10-2-1-5-17-11(10)12(16)18/h1-6H,(H2,16,18). The highest BCUT2D eigenvalue weighted by Gasteiger charge is 2.16. The van der Waals surface area contributed by atoms with Crippen molar-refractivity contribution in [3.8, 4) is 5.75 Å². The number of ether oxygens (including phenoxy) is 1. The van der Waals surface area contributed by atoms with Crippen LogP contribution in [0.4, 0.5) is 4.39 Å². The fraction of sp³-hybridized carbons (Fsp3) is 0. The Hall–Kier alpha value is -2.28. The first-order valence-corrected chi connectivity index (χ1v) is 6.20. The van der Waals surface area contributed by atoms with E-state index in [1.54, 1.807) is 0 Å². The second-order valence-corrected chi connectivity index (χ2v) is 4.59. The molecule has 0 aliphatic heterocycles. The van der Waals surface area contributed by atoms with Crippen molar-refractivity contribution in [2.75, 3.05) is 0 Å². The lowest BCUT2D eigenvalue weighted by atomic mass is 10.2. The quantitative estimate of drug-likeness (QED) is 0.870. The van der Waals surface area contributed by atoms with Crippen molar-refractivity contribution in [2.24, 2.45) is 5.73 Å². The average Bonchev–Trinajstić information content (AvgIpc) is 2.42. The monoisotopic (exact) mass is 338 g/mol. The number of rotatable bonds is 3. The van der Waals surface area contributed by atoms with Gasteiger partial charge in [0, 0.05) is 6.20 Å². The molecule has 7 heteroatoms. The van der Waals surface area contributed by atoms with Crippen LogP contribution in [0.1, 0.15) is 20.8 Å². The third kappa shape index (κ3) is 3.00. The summed E-state index contributed by atoms with van der Waals surface area (Å²) in [7, 11) is 0. The molecule has 0 saturated carbocycles. The molecule has 0 aliphatic carbocycles. The first-order valence-electron chi connectivity index (χ1n) is 5.41. The summed E-state index contributed by atoms with van der Waals surface area (Å²) in [5.41, 5.74) is 5.09. The molecule has 2 N–H and O–H groups in total. The van der Waals surface area contributed by atoms with Crippen molar-refractivity contribution in [2.45, 2.75) is 0 Å². The number of pyridine rings is 1. The normalized spacial score (nSPS) is 10.1. The lowest BCUT2D eigenvalue weighted by Gasteiger charge is -2.07. The lowest BCUT2D eigenvalue weighted by Crippen LogP contribution is -2.17. The van der Waals surface area contributed by atoms with E-state index in [0.29, 0.717) is 0 Å². The van der Waals surface area contributed by atoms with Crippen LogP contribution in [0, 0.1) is 5.82 Å². The minimum atomic E-state index is -0.811. The van der Waals surface area contributed by atoms with Gasteiger partial charge in [0.2, 0.25) is 0 Å². The van der Waals surface area contributed by atoms with E-state index in [1.165, 1.54) is 30.5 Å². The predicted octanol–water partition coefficient (Wildman–Crippen LogP) is 2.30. The second-order valence-electron chi connectivity index (χ2n) is 3.73. The van der Waals surface area contributed by atoms with E-state index < -0.39 is 17.7 Å². The molecule has 0 bridgehead atoms. The Morgan fingerprint density at radius 1 is 1.30 bits per heavy atom. The maximum atomic E-state index is 13.1. The van der Waals surface area contributed by atoms with Crippen molar-refractivity contribution in [3.05, 3.63) is 58.1 Å². The van der Waals surface area contributed by atoms with Crippen LogP contribution in [0.15, 0.2) is 41.0 Å². The number of hydrogen-bond donors (Lipinski definition) is 1. The number of carbonyl (C=O) groups excluding carboxylic acids is 2. The Balaban J connectivity index is 2.28. The maximum absolute atomic E-state index is 13.1. The summed E-state index contributed by atoms with van der Waals surface area (Å²) in [5.74, 6) is -2.11. The largest absolute Gasteiger partial charge is 0.420 e. The van der Waals surface area contributed by atoms with Crippen LogP contribution in [0.3, 0.4) is 0 Å². The number of hydrogen-bond acceptors (Lipinski definition) is 4. The summed E-state index contributed by atoms with van der Waals surface area (Å²) < 4.78 is 18.3. The zero-order valence-electron chi connectivity index (χ0n) is 9.97. The molecule has 0 atom stereocenters. The predicted molar refractivity (Wildman–Crippen MR) is 71.8 cm³/mol. The smallest absolute Gasteiger partial charge is 0.343 e. The summed E-state index contributed by atoms with van der Waals surface area (Å²) >= 11 is 2.97. The van der Waals surface area contributed by atoms with Gasteiger partial charge in [-0.1, -0.05) is 0 Å². The third-order valence-corrected chi connectivity index (χ3v) is 2.97. The molecule has 1 amide bonds. The molecule has 0 radical (unpaired) electrons. The molecule has 102 valence electrons. The molecule has 0 aliphatic rings. The minimum Gasteiger partial charge on any atom is -0.420 e. The van der Waals surface area contributed by atoms with Gasteiger partial charge in [0.1, 0.15) is 5.82 Å². The van der Waals surface area contributed by atoms with Crippen molar-refractivity contribution >= 4 is 27.8 Å². The summed E-state index contributed by atoms with van der Waals surface area (Å²) in [6, 6.07) is 6.55. The van der Waals surface area contributed by atoms with E-state index in [-0.39, 0.29) is 21.5 Å². The Morgan fingerprint density at radius 3 is 2.70 bits per heavy atom. The fourth-order valence-electron chi connectivity index (χ4n) is 1.44. The van der Waals surface area contributed by atoms with Gasteiger partial charge < -0.3 is 10.5 Å². The molecule has 0 saturated heterocycles. The van der Waals surface area contributed by atoms with E-state index in [1.807, 2.05) is 0 Å². The van der Waals surface area contributed by atoms with Gasteiger partial charge >= 0.3 is 5.97 Å². The summed E-state index contributed by atoms with van der Waals surface area (Å²) in [6.45, 7) is 0. The number of nitrogens with two attached hydrogens (primary N) is 1. The zero-order valence-corrected chi connectivity index (χ0v) is 11.6. The van der Waals surface area contributed by atoms with E-state index in [0.717, 1.165) is 6.07 Å². The van der Waals surface area contributed by atoms with E-state index in [4.69, 9.17) is 10.5 Å². The summed E-state index contributed by atoms with van der Waals surface area (Å²) in [4.78, 5) is 26.8. The maximum Gasteiger partial charge on any atom is 0.343 e. The zero-order chi connectivity index (χ0) is 14.7. The number of halogens is 2. The van der Waals surface area contributed by atoms with Crippen LogP contribution in [0.2, 0.25) is 0 Å². The van der Waals surface area contributed by atoms with E-state index in [2.05, 4.69) is 20.9 Å². The molecule has 2 rings (SSSR count). The molecule has 0 spiro atoms. The highest BCUT2D eigenvalue weighted by atomic mass is 79.9. The molecule has 20 heavy (non-hydrogen) atoms. The summed E-state index contributed by atoms with van der Waals surface area (Å²) in [6.07, 6.45) is 1.35. The lowest BCUT2D eigenvalue weighted by molar-refractivity contribution is 0.0731. The van der Waals surface area contributed by atoms with Crippen LogP contribution in [0.25, 0.3) is 0 Å². The van der Waals surface area contributed by atoms with Crippen molar-refractivity contribution in [1.82, 2.24) is 4.98 Å². The number of amides is 1. The van der Waals surface area contributed by atoms with Crippen LogP contribution in [-0.4, -0.2) is 16.9 Å². The molecule has 2 aromatic rings. The van der Waals surface area contributed by atoms with Crippen LogP contribution in [0.5, 0.6) is 5.75 Å². The number of aromatic nitrogens is 1. The molecule has 0 fully saturated rings. The highest BCUT2D eigenvalue weighted by Crippen LogP contribution is 2.20. The van der Waals surface area contributed by atoms with Crippen LogP contribution < -0.4 is 10.5 Å². The van der Waals surface area contributed by atoms with Gasteiger partial charge in [0.05, 0.1) is 10.0 Å². The van der Waals surface area contributed by atoms with Crippen molar-refractivity contribution < 1.29 is 18.7 Å². The van der Waals surface area contributed by atoms with Gasteiger partial charge in [-0.3, -0.25) is 4.79 Å². The molecular weight excluding hydrogens is 331 g/mol. The number of benzene rings is 1. The minimum absolute atomic E-state index is 0.0505. The van der Waals surface area contributed by atoms with Gasteiger partial charge in [0.15, 0.2) is 11.4 Å². The Morgan fingerprint density at radius 2 is 2.05 bits per heavy atom. The number of nitrogens with zero attached hydrogens (tertiary/aromatic N) is 1. The summed E-state index contributed by atoms with van der Waals surface area (Å²) in [5, 5.41) is 0. The van der Waals surface area contributed by atoms with E-state index in [9.17, 15) is 14.0 Å². The van der Waals surface area contributed by atoms with Gasteiger partial charge in [-0.25, -0.2) is 14.2 Å². The van der Waals surface area contributed by atoms with Crippen molar-refractivity contribution in [3.63, 3.8) is 0 Å². The van der Waals surface area contributed by atoms with Crippen LogP contribution >= 0.6 is 15.9 Å². The average molecular weight is 339 g/mol. The number of carbonyl (C=O) groups is 2.